The summed E-state index contributed by atoms with van der Waals surface area (Å²) in [6.07, 6.45) is 1.01. The maximum Gasteiger partial charge on any atom is 0.248 e. The summed E-state index contributed by atoms with van der Waals surface area (Å²) in [5.41, 5.74) is 26.8. The second-order valence-electron chi connectivity index (χ2n) is 38.0. The van der Waals surface area contributed by atoms with Crippen molar-refractivity contribution >= 4 is 0 Å². The molecule has 0 aliphatic heterocycles. The first kappa shape index (κ1) is 89.2. The molecule has 0 amide bonds. The van der Waals surface area contributed by atoms with Crippen LogP contribution in [0.3, 0.4) is 0 Å². The number of para-hydroxylation sites is 1. The monoisotopic (exact) mass is 1720 g/mol. The minimum atomic E-state index is 0.0868. The number of hydrogen-bond acceptors (Lipinski definition) is 13. The second-order valence-corrected chi connectivity index (χ2v) is 38.0. The van der Waals surface area contributed by atoms with Gasteiger partial charge in [-0.15, -0.1) is 51.0 Å². The Morgan fingerprint density at radius 1 is 0.183 bits per heavy atom. The lowest BCUT2D eigenvalue weighted by Crippen LogP contribution is -2.10. The van der Waals surface area contributed by atoms with E-state index < -0.39 is 0 Å². The zero-order valence-corrected chi connectivity index (χ0v) is 77.4. The van der Waals surface area contributed by atoms with Crippen LogP contribution in [0.25, 0.3) is 159 Å². The molecule has 0 saturated heterocycles. The Kier molecular flexibility index (Phi) is 26.1. The molecule has 15 heteroatoms. The van der Waals surface area contributed by atoms with Crippen molar-refractivity contribution in [1.82, 2.24) is 60.1 Å². The largest absolute Gasteiger partial charge is 0.416 e. The molecule has 0 bridgehead atoms. The van der Waals surface area contributed by atoms with Gasteiger partial charge in [0.05, 0.1) is 0 Å². The summed E-state index contributed by atoms with van der Waals surface area (Å²) in [5.74, 6) is 6.25. The van der Waals surface area contributed by atoms with E-state index in [2.05, 4.69) is 414 Å². The average Bonchev–Trinajstić information content (AvgIpc) is 1.64. The Labute approximate surface area is 769 Å². The highest BCUT2D eigenvalue weighted by molar-refractivity contribution is 5.75. The topological polar surface area (TPSA) is 178 Å². The summed E-state index contributed by atoms with van der Waals surface area (Å²) in [6, 6.07) is 125. The first-order valence-corrected chi connectivity index (χ1v) is 44.7. The first-order chi connectivity index (χ1) is 63.0. The van der Waals surface area contributed by atoms with E-state index in [1.165, 1.54) is 61.2 Å². The third-order valence-corrected chi connectivity index (χ3v) is 23.3. The molecule has 0 spiro atoms. The van der Waals surface area contributed by atoms with Crippen LogP contribution < -0.4 is 0 Å². The number of aryl methyl sites for hydroxylation is 1. The zero-order chi connectivity index (χ0) is 91.6. The number of hydrogen-bond donors (Lipinski definition) is 0. The van der Waals surface area contributed by atoms with Crippen LogP contribution in [0.1, 0.15) is 144 Å². The Morgan fingerprint density at radius 3 is 0.618 bits per heavy atom. The normalized spacial score (nSPS) is 11.7. The van der Waals surface area contributed by atoms with Gasteiger partial charge >= 0.3 is 0 Å². The van der Waals surface area contributed by atoms with Crippen molar-refractivity contribution in [2.45, 2.75) is 144 Å². The first-order valence-electron chi connectivity index (χ1n) is 44.7. The molecule has 0 fully saturated rings. The van der Waals surface area contributed by atoms with Crippen LogP contribution in [-0.2, 0) is 33.5 Å². The summed E-state index contributed by atoms with van der Waals surface area (Å²) in [6.45, 7) is 35.3. The van der Waals surface area contributed by atoms with Gasteiger partial charge in [0.1, 0.15) is 0 Å². The molecule has 0 aliphatic rings. The minimum Gasteiger partial charge on any atom is -0.416 e. The van der Waals surface area contributed by atoms with Crippen LogP contribution in [0.15, 0.2) is 377 Å². The molecule has 0 atom stereocenters. The van der Waals surface area contributed by atoms with Crippen molar-refractivity contribution in [3.8, 4) is 159 Å². The van der Waals surface area contributed by atoms with Crippen LogP contribution in [0.2, 0.25) is 0 Å². The number of aromatic nitrogens is 12. The van der Waals surface area contributed by atoms with Gasteiger partial charge in [-0.3, -0.25) is 9.13 Å². The lowest BCUT2D eigenvalue weighted by molar-refractivity contribution is 0.580. The molecule has 15 nitrogen and oxygen atoms in total. The van der Waals surface area contributed by atoms with Crippen LogP contribution in [0, 0.1) is 0 Å². The van der Waals surface area contributed by atoms with E-state index >= 15 is 0 Å². The third kappa shape index (κ3) is 21.3. The van der Waals surface area contributed by atoms with Crippen molar-refractivity contribution in [1.29, 1.82) is 0 Å². The van der Waals surface area contributed by atoms with Gasteiger partial charge in [-0.1, -0.05) is 384 Å². The highest BCUT2D eigenvalue weighted by Gasteiger charge is 2.25. The molecule has 131 heavy (non-hydrogen) atoms. The molecule has 0 radical (unpaired) electrons. The van der Waals surface area contributed by atoms with Gasteiger partial charge in [0, 0.05) is 67.0 Å². The van der Waals surface area contributed by atoms with E-state index in [0.717, 1.165) is 102 Å². The SMILES string of the molecule is CC(C)(C)c1ccc(-c2nnc(-c3ccc(-c4ccccc4)cc3)n2-c2ccccc2)cc1.CC(C)(C)c1ccc(-c2nnc(-c3ccc(-c4ccccc4)cc3)o2)cc1.CC(C)(C)c1ccc(-c2nnc(-c3cccc(-c4nnc(-c5ccc(C(C)(C)C)cc5)o4)c3)o2)cc1.CCc1ccc(-n2c(-c3ccc(-c4ccccc4)cc3)nnc2-c2ccc(C(C)(C)C)cc2)cc1. The predicted octanol–water partition coefficient (Wildman–Crippen LogP) is 29.8. The van der Waals surface area contributed by atoms with E-state index in [1.807, 2.05) is 121 Å². The number of nitrogens with zero attached hydrogens (tertiary/aromatic N) is 12. The third-order valence-electron chi connectivity index (χ3n) is 23.3. The van der Waals surface area contributed by atoms with E-state index in [-0.39, 0.29) is 27.1 Å². The summed E-state index contributed by atoms with van der Waals surface area (Å²) in [5, 5.41) is 44.1. The molecule has 0 saturated carbocycles. The maximum absolute atomic E-state index is 6.00. The van der Waals surface area contributed by atoms with Gasteiger partial charge < -0.3 is 13.3 Å². The molecule has 19 aromatic rings. The van der Waals surface area contributed by atoms with Gasteiger partial charge in [-0.2, -0.15) is 0 Å². The fraction of sp³-hybridized carbons (Fsp3) is 0.190. The fourth-order valence-electron chi connectivity index (χ4n) is 15.3. The van der Waals surface area contributed by atoms with E-state index in [1.54, 1.807) is 0 Å². The lowest BCUT2D eigenvalue weighted by Gasteiger charge is -2.19. The molecule has 19 rings (SSSR count). The minimum absolute atomic E-state index is 0.0868. The van der Waals surface area contributed by atoms with Crippen LogP contribution in [0.4, 0.5) is 0 Å². The maximum atomic E-state index is 6.00. The zero-order valence-electron chi connectivity index (χ0n) is 77.4. The predicted molar refractivity (Wildman–Crippen MR) is 533 cm³/mol. The molecular formula is C116H110N12O3. The fourth-order valence-corrected chi connectivity index (χ4v) is 15.3. The molecule has 652 valence electrons. The summed E-state index contributed by atoms with van der Waals surface area (Å²) in [4.78, 5) is 0. The molecular weight excluding hydrogens is 1610 g/mol. The highest BCUT2D eigenvalue weighted by atomic mass is 16.4. The second kappa shape index (κ2) is 38.4. The quantitative estimate of drug-likeness (QED) is 0.0893. The van der Waals surface area contributed by atoms with Crippen molar-refractivity contribution < 1.29 is 13.3 Å². The Morgan fingerprint density at radius 2 is 0.374 bits per heavy atom. The van der Waals surface area contributed by atoms with Crippen LogP contribution >= 0.6 is 0 Å². The summed E-state index contributed by atoms with van der Waals surface area (Å²) in [7, 11) is 0. The van der Waals surface area contributed by atoms with Crippen LogP contribution in [0.5, 0.6) is 0 Å². The molecule has 0 unspecified atom stereocenters. The van der Waals surface area contributed by atoms with Crippen molar-refractivity contribution in [3.05, 3.63) is 397 Å². The van der Waals surface area contributed by atoms with Crippen molar-refractivity contribution in [2.24, 2.45) is 0 Å². The Balaban J connectivity index is 0.000000128. The molecule has 5 heterocycles. The molecule has 14 aromatic carbocycles. The number of rotatable bonds is 16. The summed E-state index contributed by atoms with van der Waals surface area (Å²) < 4.78 is 22.2. The van der Waals surface area contributed by atoms with E-state index in [4.69, 9.17) is 13.3 Å². The smallest absolute Gasteiger partial charge is 0.248 e. The standard InChI is InChI=1S/C32H31N3.C30H30N4O2.C30H27N3.C24H22N2O/c1-5-23-11-21-29(22-12-23)35-30(26-15-13-25(14-16-26)24-9-7-6-8-10-24)33-34-31(35)27-17-19-28(20-18-27)32(2,3)4;1-29(2,3)23-14-10-19(11-15-23)25-31-33-27(35-25)21-8-7-9-22(18-21)28-34-32-26(36-28)20-12-16-24(17-13-20)30(4,5)6;1-30(2,3)26-20-18-25(19-21-26)29-32-31-28(33(29)27-12-8-5-9-13-27)24-16-14-23(15-17-24)22-10-6-4-7-11-22;1-24(2,3)21-15-13-20(14-16-21)23-26-25-22(27-23)19-11-9-18(10-12-19)17-7-5-4-6-8-17/h6-22H,5H2,1-4H3;7-18H,1-6H3;4-21H,1-3H3;4-16H,1-3H3. The van der Waals surface area contributed by atoms with Gasteiger partial charge in [0.25, 0.3) is 0 Å². The Bertz CT molecular complexity index is 6840. The molecule has 5 aromatic heterocycles. The Hall–Kier alpha value is -15.2. The van der Waals surface area contributed by atoms with Crippen molar-refractivity contribution in [3.63, 3.8) is 0 Å². The average molecular weight is 1720 g/mol. The highest BCUT2D eigenvalue weighted by Crippen LogP contribution is 2.39. The van der Waals surface area contributed by atoms with Gasteiger partial charge in [0.15, 0.2) is 23.3 Å². The van der Waals surface area contributed by atoms with Gasteiger partial charge in [-0.25, -0.2) is 0 Å². The molecule has 0 aliphatic carbocycles. The lowest BCUT2D eigenvalue weighted by atomic mass is 9.86. The molecule has 0 N–H and O–H groups in total. The van der Waals surface area contributed by atoms with Gasteiger partial charge in [0.2, 0.25) is 35.3 Å². The van der Waals surface area contributed by atoms with E-state index in [0.29, 0.717) is 35.3 Å². The van der Waals surface area contributed by atoms with E-state index in [9.17, 15) is 0 Å². The van der Waals surface area contributed by atoms with Gasteiger partial charge in [-0.05, 0) is 191 Å². The van der Waals surface area contributed by atoms with Crippen molar-refractivity contribution in [2.75, 3.05) is 0 Å². The number of benzene rings is 14. The van der Waals surface area contributed by atoms with Crippen LogP contribution in [-0.4, -0.2) is 60.1 Å². The summed E-state index contributed by atoms with van der Waals surface area (Å²) >= 11 is 0.